The second-order valence-corrected chi connectivity index (χ2v) is 7.70. The third kappa shape index (κ3) is 3.66. The van der Waals surface area contributed by atoms with Crippen LogP contribution in [0.2, 0.25) is 5.15 Å². The predicted octanol–water partition coefficient (Wildman–Crippen LogP) is 1.19. The molecular weight excluding hydrogens is 300 g/mol. The Balaban J connectivity index is 1.92. The van der Waals surface area contributed by atoms with Gasteiger partial charge in [0.25, 0.3) is 10.2 Å². The lowest BCUT2D eigenvalue weighted by Gasteiger charge is -2.32. The van der Waals surface area contributed by atoms with Crippen LogP contribution in [0, 0.1) is 5.92 Å². The Morgan fingerprint density at radius 1 is 1.35 bits per heavy atom. The first-order valence-electron chi connectivity index (χ1n) is 6.53. The van der Waals surface area contributed by atoms with E-state index in [9.17, 15) is 8.42 Å². The minimum atomic E-state index is -3.28. The van der Waals surface area contributed by atoms with Crippen LogP contribution in [0.4, 0.5) is 0 Å². The molecule has 0 atom stereocenters. The van der Waals surface area contributed by atoms with Gasteiger partial charge >= 0.3 is 0 Å². The van der Waals surface area contributed by atoms with Crippen LogP contribution in [0.25, 0.3) is 0 Å². The molecule has 1 saturated heterocycles. The first-order valence-corrected chi connectivity index (χ1v) is 8.31. The summed E-state index contributed by atoms with van der Waals surface area (Å²) in [6, 6.07) is 1.77. The molecule has 2 heterocycles. The maximum atomic E-state index is 12.0. The van der Waals surface area contributed by atoms with E-state index in [2.05, 4.69) is 9.97 Å². The van der Waals surface area contributed by atoms with E-state index in [0.717, 1.165) is 25.0 Å². The highest BCUT2D eigenvalue weighted by atomic mass is 35.5. The molecule has 0 aliphatic carbocycles. The second-order valence-electron chi connectivity index (χ2n) is 5.17. The smallest absolute Gasteiger partial charge is 0.241 e. The highest BCUT2D eigenvalue weighted by Crippen LogP contribution is 2.23. The predicted molar refractivity (Wildman–Crippen MR) is 77.6 cm³/mol. The first kappa shape index (κ1) is 15.6. The molecule has 0 aromatic carbocycles. The maximum Gasteiger partial charge on any atom is 0.281 e. The van der Waals surface area contributed by atoms with Gasteiger partial charge in [0.05, 0.1) is 0 Å². The average Bonchev–Trinajstić information content (AvgIpc) is 2.39. The molecule has 1 aromatic heterocycles. The lowest BCUT2D eigenvalue weighted by Crippen LogP contribution is -2.44. The van der Waals surface area contributed by atoms with Gasteiger partial charge in [-0.15, -0.1) is 0 Å². The molecule has 0 bridgehead atoms. The van der Waals surface area contributed by atoms with E-state index < -0.39 is 10.2 Å². The maximum absolute atomic E-state index is 12.0. The summed E-state index contributed by atoms with van der Waals surface area (Å²) >= 11 is 5.84. The molecule has 0 saturated carbocycles. The Labute approximate surface area is 125 Å². The van der Waals surface area contributed by atoms with Crippen molar-refractivity contribution in [3.8, 4) is 0 Å². The summed E-state index contributed by atoms with van der Waals surface area (Å²) in [4.78, 5) is 8.05. The zero-order valence-electron chi connectivity index (χ0n) is 11.7. The van der Waals surface area contributed by atoms with Gasteiger partial charge in [0.2, 0.25) is 0 Å². The minimum absolute atomic E-state index is 0.439. The van der Waals surface area contributed by atoms with E-state index in [1.807, 2.05) is 0 Å². The van der Waals surface area contributed by atoms with Crippen molar-refractivity contribution in [2.45, 2.75) is 19.3 Å². The van der Waals surface area contributed by atoms with Crippen LogP contribution in [0.15, 0.2) is 12.4 Å². The van der Waals surface area contributed by atoms with E-state index in [-0.39, 0.29) is 0 Å². The van der Waals surface area contributed by atoms with Crippen LogP contribution in [-0.4, -0.2) is 54.2 Å². The molecule has 0 N–H and O–H groups in total. The summed E-state index contributed by atoms with van der Waals surface area (Å²) in [6.45, 7) is 1.12. The van der Waals surface area contributed by atoms with Gasteiger partial charge in [0.15, 0.2) is 0 Å². The summed E-state index contributed by atoms with van der Waals surface area (Å²) in [7, 11) is -0.163. The van der Waals surface area contributed by atoms with Gasteiger partial charge in [-0.2, -0.15) is 17.0 Å². The van der Waals surface area contributed by atoms with E-state index in [4.69, 9.17) is 11.6 Å². The van der Waals surface area contributed by atoms with Crippen molar-refractivity contribution in [2.75, 3.05) is 27.2 Å². The van der Waals surface area contributed by atoms with E-state index >= 15 is 0 Å². The fourth-order valence-corrected chi connectivity index (χ4v) is 3.66. The monoisotopic (exact) mass is 318 g/mol. The number of nitrogens with zero attached hydrogens (tertiary/aromatic N) is 4. The Morgan fingerprint density at radius 2 is 2.00 bits per heavy atom. The molecule has 1 aliphatic heterocycles. The average molecular weight is 319 g/mol. The summed E-state index contributed by atoms with van der Waals surface area (Å²) in [5.74, 6) is 0.439. The first-order chi connectivity index (χ1) is 9.39. The van der Waals surface area contributed by atoms with Gasteiger partial charge in [-0.1, -0.05) is 11.6 Å². The molecule has 20 heavy (non-hydrogen) atoms. The van der Waals surface area contributed by atoms with Crippen molar-refractivity contribution >= 4 is 21.8 Å². The van der Waals surface area contributed by atoms with Gasteiger partial charge in [-0.3, -0.25) is 0 Å². The Morgan fingerprint density at radius 3 is 2.55 bits per heavy atom. The van der Waals surface area contributed by atoms with Gasteiger partial charge in [-0.25, -0.2) is 9.97 Å². The number of halogens is 1. The molecule has 1 aromatic rings. The Hall–Kier alpha value is -0.760. The van der Waals surface area contributed by atoms with Crippen molar-refractivity contribution in [3.63, 3.8) is 0 Å². The molecule has 6 nitrogen and oxygen atoms in total. The molecule has 0 spiro atoms. The van der Waals surface area contributed by atoms with Crippen molar-refractivity contribution in [1.29, 1.82) is 0 Å². The van der Waals surface area contributed by atoms with E-state index in [1.54, 1.807) is 20.2 Å². The van der Waals surface area contributed by atoms with E-state index in [0.29, 0.717) is 24.2 Å². The SMILES string of the molecule is CN(C)S(=O)(=O)N1CCC(Cc2cc(Cl)ncn2)CC1. The number of rotatable bonds is 4. The molecule has 1 aliphatic rings. The topological polar surface area (TPSA) is 66.4 Å². The minimum Gasteiger partial charge on any atom is -0.241 e. The van der Waals surface area contributed by atoms with Crippen molar-refractivity contribution < 1.29 is 8.42 Å². The summed E-state index contributed by atoms with van der Waals surface area (Å²) in [5.41, 5.74) is 0.916. The zero-order valence-corrected chi connectivity index (χ0v) is 13.2. The molecule has 8 heteroatoms. The van der Waals surface area contributed by atoms with Crippen molar-refractivity contribution in [2.24, 2.45) is 5.92 Å². The second kappa shape index (κ2) is 6.34. The Bertz CT molecular complexity index is 556. The van der Waals surface area contributed by atoms with Gasteiger partial charge < -0.3 is 0 Å². The molecule has 0 amide bonds. The van der Waals surface area contributed by atoms with Crippen LogP contribution >= 0.6 is 11.6 Å². The number of hydrogen-bond acceptors (Lipinski definition) is 4. The van der Waals surface area contributed by atoms with E-state index in [1.165, 1.54) is 14.9 Å². The highest BCUT2D eigenvalue weighted by Gasteiger charge is 2.29. The van der Waals surface area contributed by atoms with Gasteiger partial charge in [0, 0.05) is 32.9 Å². The fourth-order valence-electron chi connectivity index (χ4n) is 2.35. The van der Waals surface area contributed by atoms with Crippen LogP contribution in [0.5, 0.6) is 0 Å². The van der Waals surface area contributed by atoms with Crippen LogP contribution < -0.4 is 0 Å². The zero-order chi connectivity index (χ0) is 14.8. The number of hydrogen-bond donors (Lipinski definition) is 0. The van der Waals surface area contributed by atoms with Crippen LogP contribution in [0.3, 0.4) is 0 Å². The number of piperidine rings is 1. The number of aromatic nitrogens is 2. The lowest BCUT2D eigenvalue weighted by atomic mass is 9.93. The Kier molecular flexibility index (Phi) is 4.95. The molecule has 0 unspecified atom stereocenters. The molecule has 112 valence electrons. The van der Waals surface area contributed by atoms with Crippen LogP contribution in [0.1, 0.15) is 18.5 Å². The fraction of sp³-hybridized carbons (Fsp3) is 0.667. The standard InChI is InChI=1S/C12H19ClN4O2S/c1-16(2)20(18,19)17-5-3-10(4-6-17)7-11-8-12(13)15-9-14-11/h8-10H,3-7H2,1-2H3. The van der Waals surface area contributed by atoms with Crippen molar-refractivity contribution in [3.05, 3.63) is 23.2 Å². The molecular formula is C12H19ClN4O2S. The summed E-state index contributed by atoms with van der Waals surface area (Å²) in [6.07, 6.45) is 3.96. The molecule has 0 radical (unpaired) electrons. The van der Waals surface area contributed by atoms with Crippen molar-refractivity contribution in [1.82, 2.24) is 18.6 Å². The quantitative estimate of drug-likeness (QED) is 0.782. The summed E-state index contributed by atoms with van der Waals surface area (Å²) in [5, 5.41) is 0.447. The molecule has 1 fully saturated rings. The van der Waals surface area contributed by atoms with Crippen LogP contribution in [-0.2, 0) is 16.6 Å². The summed E-state index contributed by atoms with van der Waals surface area (Å²) < 4.78 is 26.8. The van der Waals surface area contributed by atoms with Gasteiger partial charge in [0.1, 0.15) is 11.5 Å². The third-order valence-electron chi connectivity index (χ3n) is 3.55. The molecule has 2 rings (SSSR count). The van der Waals surface area contributed by atoms with Gasteiger partial charge in [-0.05, 0) is 31.2 Å². The normalized spacial score (nSPS) is 18.6. The lowest BCUT2D eigenvalue weighted by molar-refractivity contribution is 0.261. The third-order valence-corrected chi connectivity index (χ3v) is 5.70. The largest absolute Gasteiger partial charge is 0.281 e. The highest BCUT2D eigenvalue weighted by molar-refractivity contribution is 7.86.